The Morgan fingerprint density at radius 1 is 1.25 bits per heavy atom. The van der Waals surface area contributed by atoms with Gasteiger partial charge in [-0.3, -0.25) is 4.68 Å². The molecule has 0 fully saturated rings. The van der Waals surface area contributed by atoms with E-state index in [1.54, 1.807) is 11.8 Å². The van der Waals surface area contributed by atoms with Gasteiger partial charge in [0.25, 0.3) is 0 Å². The molecule has 16 heavy (non-hydrogen) atoms. The molecule has 3 nitrogen and oxygen atoms in total. The number of aromatic nitrogens is 2. The normalized spacial score (nSPS) is 10.5. The Labute approximate surface area is 99.6 Å². The zero-order chi connectivity index (χ0) is 11.7. The molecule has 0 spiro atoms. The Morgan fingerprint density at radius 2 is 1.88 bits per heavy atom. The number of methoxy groups -OCH3 is 1. The van der Waals surface area contributed by atoms with Crippen LogP contribution in [0.4, 0.5) is 0 Å². The van der Waals surface area contributed by atoms with Crippen molar-refractivity contribution < 1.29 is 4.74 Å². The van der Waals surface area contributed by atoms with Crippen LogP contribution in [0.15, 0.2) is 24.3 Å². The van der Waals surface area contributed by atoms with Crippen LogP contribution in [0.1, 0.15) is 5.69 Å². The summed E-state index contributed by atoms with van der Waals surface area (Å²) < 4.78 is 6.91. The number of nitrogens with zero attached hydrogens (tertiary/aromatic N) is 2. The van der Waals surface area contributed by atoms with Crippen LogP contribution in [0.25, 0.3) is 11.3 Å². The van der Waals surface area contributed by atoms with Gasteiger partial charge in [-0.2, -0.15) is 5.10 Å². The van der Waals surface area contributed by atoms with Crippen LogP contribution in [0.3, 0.4) is 0 Å². The van der Waals surface area contributed by atoms with Crippen molar-refractivity contribution in [2.45, 2.75) is 6.92 Å². The number of ether oxygens (including phenoxy) is 1. The van der Waals surface area contributed by atoms with Gasteiger partial charge in [0, 0.05) is 12.6 Å². The van der Waals surface area contributed by atoms with E-state index in [0.717, 1.165) is 22.7 Å². The average Bonchev–Trinajstić information content (AvgIpc) is 2.54. The third-order valence-electron chi connectivity index (χ3n) is 2.51. The van der Waals surface area contributed by atoms with Crippen molar-refractivity contribution in [2.24, 2.45) is 7.05 Å². The van der Waals surface area contributed by atoms with Crippen LogP contribution in [0, 0.1) is 6.92 Å². The third kappa shape index (κ3) is 1.78. The molecular formula is C12H13ClN2O. The van der Waals surface area contributed by atoms with E-state index in [-0.39, 0.29) is 0 Å². The molecule has 1 aromatic carbocycles. The smallest absolute Gasteiger partial charge is 0.118 e. The van der Waals surface area contributed by atoms with E-state index in [9.17, 15) is 0 Å². The van der Waals surface area contributed by atoms with E-state index in [2.05, 4.69) is 5.10 Å². The zero-order valence-corrected chi connectivity index (χ0v) is 10.2. The summed E-state index contributed by atoms with van der Waals surface area (Å²) in [5.74, 6) is 0.832. The highest BCUT2D eigenvalue weighted by Crippen LogP contribution is 2.30. The Bertz CT molecular complexity index is 502. The molecule has 0 aliphatic carbocycles. The average molecular weight is 237 g/mol. The summed E-state index contributed by atoms with van der Waals surface area (Å²) in [7, 11) is 3.54. The lowest BCUT2D eigenvalue weighted by Gasteiger charge is -2.04. The fourth-order valence-corrected chi connectivity index (χ4v) is 1.96. The monoisotopic (exact) mass is 236 g/mol. The van der Waals surface area contributed by atoms with Crippen molar-refractivity contribution in [3.8, 4) is 17.0 Å². The maximum absolute atomic E-state index is 6.21. The summed E-state index contributed by atoms with van der Waals surface area (Å²) in [4.78, 5) is 0. The quantitative estimate of drug-likeness (QED) is 0.801. The molecule has 0 aliphatic rings. The predicted octanol–water partition coefficient (Wildman–Crippen LogP) is 3.06. The summed E-state index contributed by atoms with van der Waals surface area (Å²) in [5.41, 5.74) is 2.81. The third-order valence-corrected chi connectivity index (χ3v) is 2.97. The van der Waals surface area contributed by atoms with Crippen LogP contribution in [-0.4, -0.2) is 16.9 Å². The van der Waals surface area contributed by atoms with Crippen molar-refractivity contribution in [1.29, 1.82) is 0 Å². The molecule has 0 atom stereocenters. The van der Waals surface area contributed by atoms with Gasteiger partial charge >= 0.3 is 0 Å². The minimum atomic E-state index is 0.702. The van der Waals surface area contributed by atoms with E-state index < -0.39 is 0 Å². The van der Waals surface area contributed by atoms with Crippen molar-refractivity contribution in [3.63, 3.8) is 0 Å². The molecule has 0 unspecified atom stereocenters. The van der Waals surface area contributed by atoms with E-state index in [1.807, 2.05) is 38.2 Å². The maximum atomic E-state index is 6.21. The molecule has 0 bridgehead atoms. The molecule has 0 aliphatic heterocycles. The molecular weight excluding hydrogens is 224 g/mol. The summed E-state index contributed by atoms with van der Waals surface area (Å²) in [5, 5.41) is 4.98. The second-order valence-electron chi connectivity index (χ2n) is 3.60. The SMILES string of the molecule is COc1ccc(-c2c(Cl)c(C)nn2C)cc1. The second-order valence-corrected chi connectivity index (χ2v) is 3.98. The van der Waals surface area contributed by atoms with Gasteiger partial charge in [0.15, 0.2) is 0 Å². The lowest BCUT2D eigenvalue weighted by atomic mass is 10.1. The molecule has 1 heterocycles. The van der Waals surface area contributed by atoms with E-state index in [1.165, 1.54) is 0 Å². The number of rotatable bonds is 2. The number of hydrogen-bond acceptors (Lipinski definition) is 2. The van der Waals surface area contributed by atoms with Gasteiger partial charge in [-0.1, -0.05) is 11.6 Å². The number of benzene rings is 1. The lowest BCUT2D eigenvalue weighted by molar-refractivity contribution is 0.415. The summed E-state index contributed by atoms with van der Waals surface area (Å²) in [6.07, 6.45) is 0. The van der Waals surface area contributed by atoms with Gasteiger partial charge in [-0.05, 0) is 31.2 Å². The zero-order valence-electron chi connectivity index (χ0n) is 9.49. The highest BCUT2D eigenvalue weighted by atomic mass is 35.5. The van der Waals surface area contributed by atoms with E-state index >= 15 is 0 Å². The fraction of sp³-hybridized carbons (Fsp3) is 0.250. The van der Waals surface area contributed by atoms with E-state index in [4.69, 9.17) is 16.3 Å². The largest absolute Gasteiger partial charge is 0.497 e. The first-order chi connectivity index (χ1) is 7.63. The standard InChI is InChI=1S/C12H13ClN2O/c1-8-11(13)12(15(2)14-8)9-4-6-10(16-3)7-5-9/h4-7H,1-3H3. The molecule has 0 radical (unpaired) electrons. The second kappa shape index (κ2) is 4.18. The molecule has 84 valence electrons. The molecule has 2 rings (SSSR count). The van der Waals surface area contributed by atoms with Gasteiger partial charge in [-0.15, -0.1) is 0 Å². The fourth-order valence-electron chi connectivity index (χ4n) is 1.69. The van der Waals surface area contributed by atoms with Gasteiger partial charge in [0.1, 0.15) is 5.75 Å². The Morgan fingerprint density at radius 3 is 2.31 bits per heavy atom. The lowest BCUT2D eigenvalue weighted by Crippen LogP contribution is -1.94. The molecule has 1 aromatic heterocycles. The number of aryl methyl sites for hydroxylation is 2. The molecule has 0 saturated heterocycles. The molecule has 0 N–H and O–H groups in total. The molecule has 2 aromatic rings. The topological polar surface area (TPSA) is 27.1 Å². The highest BCUT2D eigenvalue weighted by Gasteiger charge is 2.12. The minimum Gasteiger partial charge on any atom is -0.497 e. The first-order valence-corrected chi connectivity index (χ1v) is 5.35. The van der Waals surface area contributed by atoms with E-state index in [0.29, 0.717) is 5.02 Å². The van der Waals surface area contributed by atoms with Crippen molar-refractivity contribution in [1.82, 2.24) is 9.78 Å². The summed E-state index contributed by atoms with van der Waals surface area (Å²) in [6.45, 7) is 1.90. The van der Waals surface area contributed by atoms with Crippen LogP contribution < -0.4 is 4.74 Å². The first kappa shape index (κ1) is 11.0. The van der Waals surface area contributed by atoms with Gasteiger partial charge in [-0.25, -0.2) is 0 Å². The van der Waals surface area contributed by atoms with Crippen LogP contribution in [0.2, 0.25) is 5.02 Å². The summed E-state index contributed by atoms with van der Waals surface area (Å²) >= 11 is 6.21. The first-order valence-electron chi connectivity index (χ1n) is 4.97. The summed E-state index contributed by atoms with van der Waals surface area (Å²) in [6, 6.07) is 7.77. The minimum absolute atomic E-state index is 0.702. The Balaban J connectivity index is 2.50. The van der Waals surface area contributed by atoms with Gasteiger partial charge in [0.2, 0.25) is 0 Å². The molecule has 4 heteroatoms. The van der Waals surface area contributed by atoms with Crippen LogP contribution in [0.5, 0.6) is 5.75 Å². The van der Waals surface area contributed by atoms with Crippen molar-refractivity contribution in [2.75, 3.05) is 7.11 Å². The van der Waals surface area contributed by atoms with Gasteiger partial charge in [0.05, 0.1) is 23.5 Å². The molecule has 0 saturated carbocycles. The maximum Gasteiger partial charge on any atom is 0.118 e. The number of hydrogen-bond donors (Lipinski definition) is 0. The van der Waals surface area contributed by atoms with Crippen molar-refractivity contribution >= 4 is 11.6 Å². The molecule has 0 amide bonds. The van der Waals surface area contributed by atoms with Gasteiger partial charge < -0.3 is 4.74 Å². The number of halogens is 1. The highest BCUT2D eigenvalue weighted by molar-refractivity contribution is 6.33. The Kier molecular flexibility index (Phi) is 2.88. The predicted molar refractivity (Wildman–Crippen MR) is 64.9 cm³/mol. The van der Waals surface area contributed by atoms with Crippen LogP contribution in [-0.2, 0) is 7.05 Å². The van der Waals surface area contributed by atoms with Crippen LogP contribution >= 0.6 is 11.6 Å². The Hall–Kier alpha value is -1.48. The van der Waals surface area contributed by atoms with Crippen molar-refractivity contribution in [3.05, 3.63) is 35.0 Å².